The summed E-state index contributed by atoms with van der Waals surface area (Å²) in [6.07, 6.45) is 0.586. The number of amides is 2. The first kappa shape index (κ1) is 19.1. The lowest BCUT2D eigenvalue weighted by molar-refractivity contribution is 0.0610. The van der Waals surface area contributed by atoms with Crippen LogP contribution >= 0.6 is 0 Å². The van der Waals surface area contributed by atoms with Gasteiger partial charge < -0.3 is 10.2 Å². The number of imide groups is 1. The Bertz CT molecular complexity index is 1280. The summed E-state index contributed by atoms with van der Waals surface area (Å²) in [5.41, 5.74) is 1.95. The molecular weight excluding hydrogens is 390 g/mol. The van der Waals surface area contributed by atoms with E-state index in [0.717, 1.165) is 27.2 Å². The van der Waals surface area contributed by atoms with E-state index in [1.165, 1.54) is 4.90 Å². The van der Waals surface area contributed by atoms with E-state index in [1.807, 2.05) is 60.7 Å². The topological polar surface area (TPSA) is 84.7 Å². The van der Waals surface area contributed by atoms with Gasteiger partial charge in [0, 0.05) is 35.0 Å². The molecule has 6 nitrogen and oxygen atoms in total. The van der Waals surface area contributed by atoms with Gasteiger partial charge in [-0.15, -0.1) is 0 Å². The molecule has 6 heteroatoms. The molecule has 0 unspecified atom stereocenters. The van der Waals surface area contributed by atoms with E-state index >= 15 is 0 Å². The van der Waals surface area contributed by atoms with Crippen LogP contribution in [0, 0.1) is 0 Å². The smallest absolute Gasteiger partial charge is 0.261 e. The van der Waals surface area contributed by atoms with Gasteiger partial charge in [-0.25, -0.2) is 0 Å². The highest BCUT2D eigenvalue weighted by Gasteiger charge is 2.32. The van der Waals surface area contributed by atoms with Crippen molar-refractivity contribution in [3.8, 4) is 5.75 Å². The number of fused-ring (bicyclic) bond motifs is 1. The molecule has 1 heterocycles. The Kier molecular flexibility index (Phi) is 4.76. The van der Waals surface area contributed by atoms with Gasteiger partial charge in [-0.2, -0.15) is 5.90 Å². The lowest BCUT2D eigenvalue weighted by Gasteiger charge is -2.27. The maximum atomic E-state index is 13.0. The highest BCUT2D eigenvalue weighted by molar-refractivity contribution is 6.25. The van der Waals surface area contributed by atoms with Crippen LogP contribution in [0.15, 0.2) is 72.8 Å². The predicted octanol–water partition coefficient (Wildman–Crippen LogP) is 4.34. The molecule has 0 aliphatic carbocycles. The van der Waals surface area contributed by atoms with Gasteiger partial charge in [0.25, 0.3) is 11.8 Å². The van der Waals surface area contributed by atoms with Crippen molar-refractivity contribution >= 4 is 39.0 Å². The third kappa shape index (κ3) is 3.17. The van der Waals surface area contributed by atoms with Crippen LogP contribution in [-0.4, -0.2) is 29.8 Å². The molecule has 1 aliphatic heterocycles. The standard InChI is InChI=1S/C25H21N3O3/c26-31-21-13-12-16-6-1-2-9-18(16)23(21)27-14-5-15-28-24(29)19-10-3-7-17-8-4-11-20(22(17)19)25(28)30/h1-4,6-13,27H,5,14-15,26H2. The van der Waals surface area contributed by atoms with Gasteiger partial charge in [-0.1, -0.05) is 54.6 Å². The highest BCUT2D eigenvalue weighted by atomic mass is 16.6. The molecule has 0 spiro atoms. The zero-order valence-electron chi connectivity index (χ0n) is 16.8. The fourth-order valence-electron chi connectivity index (χ4n) is 4.27. The Morgan fingerprint density at radius 3 is 2.19 bits per heavy atom. The van der Waals surface area contributed by atoms with E-state index in [2.05, 4.69) is 5.32 Å². The second kappa shape index (κ2) is 7.74. The molecule has 154 valence electrons. The minimum atomic E-state index is -0.245. The van der Waals surface area contributed by atoms with Gasteiger partial charge in [-0.05, 0) is 35.4 Å². The van der Waals surface area contributed by atoms with Gasteiger partial charge in [-0.3, -0.25) is 14.5 Å². The SMILES string of the molecule is NOc1ccc2ccccc2c1NCCCN1C(=O)c2cccc3cccc(c23)C1=O. The molecular formula is C25H21N3O3. The highest BCUT2D eigenvalue weighted by Crippen LogP contribution is 2.33. The molecule has 3 N–H and O–H groups in total. The second-order valence-electron chi connectivity index (χ2n) is 7.53. The molecule has 0 fully saturated rings. The summed E-state index contributed by atoms with van der Waals surface area (Å²) in [7, 11) is 0. The van der Waals surface area contributed by atoms with Crippen molar-refractivity contribution in [1.29, 1.82) is 0 Å². The molecule has 0 saturated heterocycles. The third-order valence-corrected chi connectivity index (χ3v) is 5.73. The molecule has 5 rings (SSSR count). The summed E-state index contributed by atoms with van der Waals surface area (Å²) in [5.74, 6) is 5.50. The molecule has 0 radical (unpaired) electrons. The maximum absolute atomic E-state index is 13.0. The number of nitrogens with two attached hydrogens (primary N) is 1. The van der Waals surface area contributed by atoms with E-state index in [-0.39, 0.29) is 11.8 Å². The molecule has 4 aromatic rings. The Morgan fingerprint density at radius 1 is 0.806 bits per heavy atom. The van der Waals surface area contributed by atoms with Gasteiger partial charge in [0.2, 0.25) is 0 Å². The van der Waals surface area contributed by atoms with E-state index in [4.69, 9.17) is 10.7 Å². The molecule has 0 atom stereocenters. The van der Waals surface area contributed by atoms with Crippen LogP contribution in [0.1, 0.15) is 27.1 Å². The molecule has 4 aromatic carbocycles. The summed E-state index contributed by atoms with van der Waals surface area (Å²) in [5, 5.41) is 7.08. The van der Waals surface area contributed by atoms with Crippen molar-refractivity contribution in [2.75, 3.05) is 18.4 Å². The summed E-state index contributed by atoms with van der Waals surface area (Å²) < 4.78 is 0. The first-order chi connectivity index (χ1) is 15.2. The first-order valence-electron chi connectivity index (χ1n) is 10.2. The van der Waals surface area contributed by atoms with E-state index in [0.29, 0.717) is 36.4 Å². The molecule has 0 bridgehead atoms. The van der Waals surface area contributed by atoms with Gasteiger partial charge in [0.15, 0.2) is 5.75 Å². The van der Waals surface area contributed by atoms with Crippen LogP contribution in [0.25, 0.3) is 21.5 Å². The Labute approximate surface area is 179 Å². The predicted molar refractivity (Wildman–Crippen MR) is 121 cm³/mol. The van der Waals surface area contributed by atoms with E-state index in [9.17, 15) is 9.59 Å². The minimum absolute atomic E-state index is 0.245. The Morgan fingerprint density at radius 2 is 1.48 bits per heavy atom. The monoisotopic (exact) mass is 411 g/mol. The fourth-order valence-corrected chi connectivity index (χ4v) is 4.27. The number of carbonyl (C=O) groups is 2. The Hall–Kier alpha value is -3.90. The summed E-state index contributed by atoms with van der Waals surface area (Å²) in [6.45, 7) is 0.867. The normalized spacial score (nSPS) is 13.1. The quantitative estimate of drug-likeness (QED) is 0.280. The average Bonchev–Trinajstić information content (AvgIpc) is 2.81. The van der Waals surface area contributed by atoms with Crippen LogP contribution in [0.2, 0.25) is 0 Å². The largest absolute Gasteiger partial charge is 0.409 e. The van der Waals surface area contributed by atoms with Crippen molar-refractivity contribution in [2.24, 2.45) is 5.90 Å². The molecule has 0 saturated carbocycles. The lowest BCUT2D eigenvalue weighted by Crippen LogP contribution is -2.41. The number of hydrogen-bond acceptors (Lipinski definition) is 5. The van der Waals surface area contributed by atoms with Crippen molar-refractivity contribution in [2.45, 2.75) is 6.42 Å². The second-order valence-corrected chi connectivity index (χ2v) is 7.53. The lowest BCUT2D eigenvalue weighted by atomic mass is 9.94. The van der Waals surface area contributed by atoms with Crippen molar-refractivity contribution < 1.29 is 14.4 Å². The van der Waals surface area contributed by atoms with E-state index in [1.54, 1.807) is 12.1 Å². The summed E-state index contributed by atoms with van der Waals surface area (Å²) >= 11 is 0. The molecule has 0 aromatic heterocycles. The molecule has 2 amide bonds. The van der Waals surface area contributed by atoms with Crippen LogP contribution < -0.4 is 16.1 Å². The fraction of sp³-hybridized carbons (Fsp3) is 0.120. The van der Waals surface area contributed by atoms with Gasteiger partial charge in [0.1, 0.15) is 0 Å². The maximum Gasteiger partial charge on any atom is 0.261 e. The van der Waals surface area contributed by atoms with Gasteiger partial charge in [0.05, 0.1) is 5.69 Å². The molecule has 31 heavy (non-hydrogen) atoms. The average molecular weight is 411 g/mol. The first-order valence-corrected chi connectivity index (χ1v) is 10.2. The zero-order valence-corrected chi connectivity index (χ0v) is 16.8. The number of benzene rings is 4. The van der Waals surface area contributed by atoms with Crippen LogP contribution in [0.3, 0.4) is 0 Å². The summed E-state index contributed by atoms with van der Waals surface area (Å²) in [6, 6.07) is 22.8. The van der Waals surface area contributed by atoms with Crippen LogP contribution in [0.4, 0.5) is 5.69 Å². The van der Waals surface area contributed by atoms with Crippen LogP contribution in [-0.2, 0) is 0 Å². The number of anilines is 1. The number of hydrogen-bond donors (Lipinski definition) is 2. The number of carbonyl (C=O) groups excluding carboxylic acids is 2. The van der Waals surface area contributed by atoms with E-state index < -0.39 is 0 Å². The number of rotatable bonds is 6. The summed E-state index contributed by atoms with van der Waals surface area (Å²) in [4.78, 5) is 32.4. The number of nitrogens with one attached hydrogen (secondary N) is 1. The number of nitrogens with zero attached hydrogens (tertiary/aromatic N) is 1. The van der Waals surface area contributed by atoms with Crippen molar-refractivity contribution in [1.82, 2.24) is 4.90 Å². The Balaban J connectivity index is 1.34. The molecule has 1 aliphatic rings. The van der Waals surface area contributed by atoms with Crippen molar-refractivity contribution in [3.63, 3.8) is 0 Å². The minimum Gasteiger partial charge on any atom is -0.409 e. The third-order valence-electron chi connectivity index (χ3n) is 5.73. The van der Waals surface area contributed by atoms with Crippen molar-refractivity contribution in [3.05, 3.63) is 83.9 Å². The van der Waals surface area contributed by atoms with Crippen LogP contribution in [0.5, 0.6) is 5.75 Å². The zero-order chi connectivity index (χ0) is 21.4. The van der Waals surface area contributed by atoms with Gasteiger partial charge >= 0.3 is 0 Å².